The van der Waals surface area contributed by atoms with Crippen LogP contribution in [-0.4, -0.2) is 22.4 Å². The second-order valence-corrected chi connectivity index (χ2v) is 3.62. The SMILES string of the molecule is Cc1nccc(CNC(=O)CCCCN)n1. The van der Waals surface area contributed by atoms with Crippen molar-refractivity contribution in [2.45, 2.75) is 32.7 Å². The molecule has 88 valence electrons. The van der Waals surface area contributed by atoms with E-state index in [1.165, 1.54) is 0 Å². The number of amides is 1. The third kappa shape index (κ3) is 4.84. The van der Waals surface area contributed by atoms with E-state index in [0.717, 1.165) is 24.4 Å². The average molecular weight is 222 g/mol. The smallest absolute Gasteiger partial charge is 0.220 e. The minimum absolute atomic E-state index is 0.0460. The number of rotatable bonds is 6. The standard InChI is InChI=1S/C11H18N4O/c1-9-13-7-5-10(15-9)8-14-11(16)4-2-3-6-12/h5,7H,2-4,6,8,12H2,1H3,(H,14,16). The Hall–Kier alpha value is -1.49. The second kappa shape index (κ2) is 6.90. The lowest BCUT2D eigenvalue weighted by atomic mass is 10.2. The molecule has 0 aliphatic carbocycles. The highest BCUT2D eigenvalue weighted by Gasteiger charge is 2.01. The van der Waals surface area contributed by atoms with Crippen LogP contribution in [0.5, 0.6) is 0 Å². The first-order chi connectivity index (χ1) is 7.72. The zero-order chi connectivity index (χ0) is 11.8. The van der Waals surface area contributed by atoms with Crippen LogP contribution < -0.4 is 11.1 Å². The highest BCUT2D eigenvalue weighted by molar-refractivity contribution is 5.75. The maximum Gasteiger partial charge on any atom is 0.220 e. The molecule has 1 heterocycles. The molecule has 0 bridgehead atoms. The number of aromatic nitrogens is 2. The maximum absolute atomic E-state index is 11.4. The molecule has 1 amide bonds. The number of nitrogens with one attached hydrogen (secondary N) is 1. The summed E-state index contributed by atoms with van der Waals surface area (Å²) in [7, 11) is 0. The molecule has 0 saturated heterocycles. The molecule has 0 aromatic carbocycles. The van der Waals surface area contributed by atoms with Crippen molar-refractivity contribution in [2.75, 3.05) is 6.54 Å². The molecule has 5 nitrogen and oxygen atoms in total. The lowest BCUT2D eigenvalue weighted by Gasteiger charge is -2.04. The van der Waals surface area contributed by atoms with Gasteiger partial charge >= 0.3 is 0 Å². The Kier molecular flexibility index (Phi) is 5.42. The van der Waals surface area contributed by atoms with Crippen LogP contribution >= 0.6 is 0 Å². The van der Waals surface area contributed by atoms with Gasteiger partial charge in [-0.05, 0) is 32.4 Å². The summed E-state index contributed by atoms with van der Waals surface area (Å²) in [6.07, 6.45) is 3.95. The number of unbranched alkanes of at least 4 members (excludes halogenated alkanes) is 1. The van der Waals surface area contributed by atoms with E-state index in [-0.39, 0.29) is 5.91 Å². The van der Waals surface area contributed by atoms with E-state index in [9.17, 15) is 4.79 Å². The Morgan fingerprint density at radius 3 is 3.00 bits per heavy atom. The van der Waals surface area contributed by atoms with Crippen LogP contribution in [0, 0.1) is 6.92 Å². The molecule has 0 aliphatic heterocycles. The van der Waals surface area contributed by atoms with Gasteiger partial charge in [0.25, 0.3) is 0 Å². The molecule has 0 atom stereocenters. The molecule has 0 unspecified atom stereocenters. The number of carbonyl (C=O) groups excluding carboxylic acids is 1. The van der Waals surface area contributed by atoms with E-state index in [0.29, 0.717) is 19.5 Å². The molecule has 1 rings (SSSR count). The predicted octanol–water partition coefficient (Wildman–Crippen LogP) is 0.530. The van der Waals surface area contributed by atoms with Crippen molar-refractivity contribution in [3.05, 3.63) is 23.8 Å². The third-order valence-electron chi connectivity index (χ3n) is 2.16. The molecule has 0 spiro atoms. The van der Waals surface area contributed by atoms with E-state index in [1.807, 2.05) is 6.92 Å². The van der Waals surface area contributed by atoms with E-state index in [1.54, 1.807) is 12.3 Å². The number of hydrogen-bond donors (Lipinski definition) is 2. The average Bonchev–Trinajstić information content (AvgIpc) is 2.27. The minimum Gasteiger partial charge on any atom is -0.350 e. The molecular weight excluding hydrogens is 204 g/mol. The number of nitrogens with two attached hydrogens (primary N) is 1. The molecule has 0 fully saturated rings. The maximum atomic E-state index is 11.4. The second-order valence-electron chi connectivity index (χ2n) is 3.62. The van der Waals surface area contributed by atoms with Gasteiger partial charge in [-0.25, -0.2) is 9.97 Å². The first kappa shape index (κ1) is 12.6. The number of carbonyl (C=O) groups is 1. The third-order valence-corrected chi connectivity index (χ3v) is 2.16. The van der Waals surface area contributed by atoms with E-state index in [2.05, 4.69) is 15.3 Å². The van der Waals surface area contributed by atoms with Gasteiger partial charge in [0.2, 0.25) is 5.91 Å². The van der Waals surface area contributed by atoms with Gasteiger partial charge in [0, 0.05) is 12.6 Å². The fraction of sp³-hybridized carbons (Fsp3) is 0.545. The van der Waals surface area contributed by atoms with Crippen LogP contribution in [0.2, 0.25) is 0 Å². The van der Waals surface area contributed by atoms with Gasteiger partial charge in [-0.2, -0.15) is 0 Å². The van der Waals surface area contributed by atoms with Crippen LogP contribution in [0.15, 0.2) is 12.3 Å². The minimum atomic E-state index is 0.0460. The van der Waals surface area contributed by atoms with Crippen LogP contribution in [0.4, 0.5) is 0 Å². The molecule has 3 N–H and O–H groups in total. The van der Waals surface area contributed by atoms with Gasteiger partial charge in [-0.15, -0.1) is 0 Å². The largest absolute Gasteiger partial charge is 0.350 e. The molecule has 5 heteroatoms. The number of aryl methyl sites for hydroxylation is 1. The Labute approximate surface area is 95.5 Å². The number of nitrogens with zero attached hydrogens (tertiary/aromatic N) is 2. The first-order valence-electron chi connectivity index (χ1n) is 5.47. The van der Waals surface area contributed by atoms with Crippen LogP contribution in [0.1, 0.15) is 30.8 Å². The molecule has 1 aromatic rings. The van der Waals surface area contributed by atoms with Crippen LogP contribution in [0.3, 0.4) is 0 Å². The van der Waals surface area contributed by atoms with Gasteiger partial charge in [0.05, 0.1) is 12.2 Å². The van der Waals surface area contributed by atoms with Gasteiger partial charge in [-0.3, -0.25) is 4.79 Å². The van der Waals surface area contributed by atoms with Crippen LogP contribution in [-0.2, 0) is 11.3 Å². The lowest BCUT2D eigenvalue weighted by molar-refractivity contribution is -0.121. The lowest BCUT2D eigenvalue weighted by Crippen LogP contribution is -2.23. The summed E-state index contributed by atoms with van der Waals surface area (Å²) in [5.41, 5.74) is 6.18. The summed E-state index contributed by atoms with van der Waals surface area (Å²) in [5.74, 6) is 0.764. The highest BCUT2D eigenvalue weighted by Crippen LogP contribution is 1.96. The summed E-state index contributed by atoms with van der Waals surface area (Å²) in [4.78, 5) is 19.6. The summed E-state index contributed by atoms with van der Waals surface area (Å²) >= 11 is 0. The van der Waals surface area contributed by atoms with Gasteiger partial charge in [-0.1, -0.05) is 0 Å². The molecule has 16 heavy (non-hydrogen) atoms. The Bertz CT molecular complexity index is 341. The van der Waals surface area contributed by atoms with Crippen molar-refractivity contribution in [3.63, 3.8) is 0 Å². The summed E-state index contributed by atoms with van der Waals surface area (Å²) in [6, 6.07) is 1.80. The van der Waals surface area contributed by atoms with Crippen molar-refractivity contribution in [1.82, 2.24) is 15.3 Å². The zero-order valence-electron chi connectivity index (χ0n) is 9.57. The summed E-state index contributed by atoms with van der Waals surface area (Å²) < 4.78 is 0. The Morgan fingerprint density at radius 2 is 2.31 bits per heavy atom. The molecule has 0 saturated carbocycles. The van der Waals surface area contributed by atoms with E-state index in [4.69, 9.17) is 5.73 Å². The van der Waals surface area contributed by atoms with Crippen molar-refractivity contribution in [3.8, 4) is 0 Å². The quantitative estimate of drug-likeness (QED) is 0.688. The fourth-order valence-electron chi connectivity index (χ4n) is 1.31. The normalized spacial score (nSPS) is 10.1. The molecule has 0 aliphatic rings. The van der Waals surface area contributed by atoms with Gasteiger partial charge < -0.3 is 11.1 Å². The van der Waals surface area contributed by atoms with Crippen molar-refractivity contribution in [1.29, 1.82) is 0 Å². The van der Waals surface area contributed by atoms with Crippen LogP contribution in [0.25, 0.3) is 0 Å². The van der Waals surface area contributed by atoms with Gasteiger partial charge in [0.15, 0.2) is 0 Å². The zero-order valence-corrected chi connectivity index (χ0v) is 9.57. The van der Waals surface area contributed by atoms with Crippen molar-refractivity contribution < 1.29 is 4.79 Å². The van der Waals surface area contributed by atoms with Crippen molar-refractivity contribution in [2.24, 2.45) is 5.73 Å². The molecule has 1 aromatic heterocycles. The summed E-state index contributed by atoms with van der Waals surface area (Å²) in [6.45, 7) is 2.93. The Balaban J connectivity index is 2.26. The van der Waals surface area contributed by atoms with E-state index >= 15 is 0 Å². The number of hydrogen-bond acceptors (Lipinski definition) is 4. The first-order valence-corrected chi connectivity index (χ1v) is 5.47. The van der Waals surface area contributed by atoms with Crippen molar-refractivity contribution >= 4 is 5.91 Å². The highest BCUT2D eigenvalue weighted by atomic mass is 16.1. The summed E-state index contributed by atoms with van der Waals surface area (Å²) in [5, 5.41) is 2.82. The van der Waals surface area contributed by atoms with E-state index < -0.39 is 0 Å². The fourth-order valence-corrected chi connectivity index (χ4v) is 1.31. The Morgan fingerprint density at radius 1 is 1.50 bits per heavy atom. The predicted molar refractivity (Wildman–Crippen MR) is 61.5 cm³/mol. The molecular formula is C11H18N4O. The monoisotopic (exact) mass is 222 g/mol. The molecule has 0 radical (unpaired) electrons. The topological polar surface area (TPSA) is 80.9 Å². The van der Waals surface area contributed by atoms with Gasteiger partial charge in [0.1, 0.15) is 5.82 Å².